The third-order valence-corrected chi connectivity index (χ3v) is 15.6. The van der Waals surface area contributed by atoms with Gasteiger partial charge < -0.3 is 9.80 Å². The number of rotatable bonds is 4. The van der Waals surface area contributed by atoms with Crippen LogP contribution < -0.4 is 26.2 Å². The van der Waals surface area contributed by atoms with Gasteiger partial charge in [0.25, 0.3) is 6.71 Å². The average Bonchev–Trinajstić information content (AvgIpc) is 3.32. The topological polar surface area (TPSA) is 6.48 Å². The van der Waals surface area contributed by atoms with E-state index in [1.165, 1.54) is 128 Å². The Morgan fingerprint density at radius 1 is 0.352 bits per heavy atom. The monoisotopic (exact) mass is 925 g/mol. The second-order valence-corrected chi connectivity index (χ2v) is 24.9. The minimum absolute atomic E-state index is 0.0378. The molecular formula is C68H69BN2. The van der Waals surface area contributed by atoms with E-state index in [-0.39, 0.29) is 28.4 Å². The number of hydrogen-bond donors (Lipinski definition) is 0. The molecule has 71 heavy (non-hydrogen) atoms. The van der Waals surface area contributed by atoms with Crippen molar-refractivity contribution >= 4 is 78.8 Å². The normalized spacial score (nSPS) is 13.7. The Balaban J connectivity index is 1.34. The molecule has 0 aliphatic carbocycles. The van der Waals surface area contributed by atoms with Crippen molar-refractivity contribution in [3.05, 3.63) is 197 Å². The molecule has 354 valence electrons. The molecule has 2 nitrogen and oxygen atoms in total. The summed E-state index contributed by atoms with van der Waals surface area (Å²) < 4.78 is 0. The van der Waals surface area contributed by atoms with E-state index in [4.69, 9.17) is 0 Å². The van der Waals surface area contributed by atoms with Crippen LogP contribution in [0.4, 0.5) is 34.1 Å². The van der Waals surface area contributed by atoms with E-state index in [9.17, 15) is 0 Å². The summed E-state index contributed by atoms with van der Waals surface area (Å²) >= 11 is 0. The Kier molecular flexibility index (Phi) is 10.7. The van der Waals surface area contributed by atoms with Gasteiger partial charge in [-0.05, 0) is 155 Å². The Bertz CT molecular complexity index is 3330. The molecular weight excluding hydrogens is 856 g/mol. The standard InChI is InChI=1S/C68H69BN2/c1-42-32-47(44-22-16-15-17-23-44)33-43(2)61(42)48-34-59-62-60(35-48)71(54-40-51(67(9,10)11)37-52(41-54)68(12,13)14)64-56-27-21-19-25-46(56)29-31-58(64)69(62)57-30-28-45-24-18-20-26-55(45)63(57)70(59)53-38-49(65(3,4)5)36-50(39-53)66(6,7)8/h15-41H,1-14H3. The maximum atomic E-state index is 2.68. The predicted octanol–water partition coefficient (Wildman–Crippen LogP) is 17.2. The second-order valence-electron chi connectivity index (χ2n) is 24.9. The lowest BCUT2D eigenvalue weighted by molar-refractivity contribution is 0.568. The van der Waals surface area contributed by atoms with Crippen LogP contribution in [-0.4, -0.2) is 6.71 Å². The van der Waals surface area contributed by atoms with Gasteiger partial charge in [0, 0.05) is 44.9 Å². The summed E-state index contributed by atoms with van der Waals surface area (Å²) in [5.41, 5.74) is 24.0. The van der Waals surface area contributed by atoms with Gasteiger partial charge in [-0.1, -0.05) is 210 Å². The fraction of sp³-hybridized carbons (Fsp3) is 0.265. The van der Waals surface area contributed by atoms with Gasteiger partial charge in [0.05, 0.1) is 0 Å². The van der Waals surface area contributed by atoms with Gasteiger partial charge in [-0.3, -0.25) is 0 Å². The third-order valence-electron chi connectivity index (χ3n) is 15.6. The van der Waals surface area contributed by atoms with Gasteiger partial charge in [-0.25, -0.2) is 0 Å². The number of anilines is 6. The first-order valence-electron chi connectivity index (χ1n) is 25.9. The van der Waals surface area contributed by atoms with Crippen molar-refractivity contribution in [2.24, 2.45) is 0 Å². The smallest absolute Gasteiger partial charge is 0.252 e. The Morgan fingerprint density at radius 3 is 1.13 bits per heavy atom. The van der Waals surface area contributed by atoms with Crippen molar-refractivity contribution in [3.8, 4) is 22.3 Å². The van der Waals surface area contributed by atoms with E-state index in [0.717, 1.165) is 0 Å². The SMILES string of the molecule is Cc1cc(-c2ccccc2)cc(C)c1-c1cc2c3c(c1)N(c1cc(C(C)(C)C)cc(C(C)(C)C)c1)c1c(ccc4ccccc14)B3c1ccc3ccccc3c1N2c1cc(C(C)(C)C)cc(C(C)(C)C)c1. The quantitative estimate of drug-likeness (QED) is 0.162. The van der Waals surface area contributed by atoms with Crippen LogP contribution in [0.25, 0.3) is 43.8 Å². The molecule has 0 radical (unpaired) electrons. The lowest BCUT2D eigenvalue weighted by atomic mass is 9.33. The molecule has 0 saturated heterocycles. The molecule has 0 fully saturated rings. The van der Waals surface area contributed by atoms with Crippen LogP contribution in [0.15, 0.2) is 164 Å². The largest absolute Gasteiger partial charge is 0.311 e. The van der Waals surface area contributed by atoms with Crippen molar-refractivity contribution in [1.29, 1.82) is 0 Å². The van der Waals surface area contributed by atoms with E-state index >= 15 is 0 Å². The molecule has 0 saturated carbocycles. The summed E-state index contributed by atoms with van der Waals surface area (Å²) in [6.07, 6.45) is 0. The lowest BCUT2D eigenvalue weighted by Crippen LogP contribution is -2.61. The molecule has 9 aromatic carbocycles. The number of hydrogen-bond acceptors (Lipinski definition) is 2. The molecule has 11 rings (SSSR count). The van der Waals surface area contributed by atoms with Crippen LogP contribution in [0.1, 0.15) is 116 Å². The number of benzene rings is 9. The highest BCUT2D eigenvalue weighted by molar-refractivity contribution is 7.00. The zero-order valence-electron chi connectivity index (χ0n) is 44.6. The highest BCUT2D eigenvalue weighted by Gasteiger charge is 2.45. The van der Waals surface area contributed by atoms with Crippen LogP contribution in [0.2, 0.25) is 0 Å². The summed E-state index contributed by atoms with van der Waals surface area (Å²) in [4.78, 5) is 5.36. The molecule has 0 amide bonds. The van der Waals surface area contributed by atoms with Gasteiger partial charge in [0.1, 0.15) is 0 Å². The van der Waals surface area contributed by atoms with Crippen LogP contribution in [0.5, 0.6) is 0 Å². The first kappa shape index (κ1) is 46.5. The van der Waals surface area contributed by atoms with Crippen LogP contribution in [0.3, 0.4) is 0 Å². The van der Waals surface area contributed by atoms with Crippen molar-refractivity contribution in [1.82, 2.24) is 0 Å². The summed E-state index contributed by atoms with van der Waals surface area (Å²) in [7, 11) is 0. The highest BCUT2D eigenvalue weighted by Crippen LogP contribution is 2.51. The number of nitrogens with zero attached hydrogens (tertiary/aromatic N) is 2. The van der Waals surface area contributed by atoms with Gasteiger partial charge in [0.2, 0.25) is 0 Å². The fourth-order valence-corrected chi connectivity index (χ4v) is 11.6. The maximum absolute atomic E-state index is 2.68. The van der Waals surface area contributed by atoms with Gasteiger partial charge in [-0.2, -0.15) is 0 Å². The van der Waals surface area contributed by atoms with Crippen molar-refractivity contribution in [2.75, 3.05) is 9.80 Å². The first-order valence-corrected chi connectivity index (χ1v) is 25.9. The highest BCUT2D eigenvalue weighted by atomic mass is 15.2. The van der Waals surface area contributed by atoms with Crippen LogP contribution >= 0.6 is 0 Å². The van der Waals surface area contributed by atoms with E-state index in [2.05, 4.69) is 271 Å². The molecule has 0 spiro atoms. The van der Waals surface area contributed by atoms with Gasteiger partial charge in [-0.15, -0.1) is 0 Å². The van der Waals surface area contributed by atoms with Crippen LogP contribution in [-0.2, 0) is 21.7 Å². The minimum atomic E-state index is -0.0778. The van der Waals surface area contributed by atoms with E-state index in [0.29, 0.717) is 0 Å². The molecule has 2 aliphatic heterocycles. The van der Waals surface area contributed by atoms with Crippen LogP contribution in [0, 0.1) is 13.8 Å². The molecule has 0 unspecified atom stereocenters. The van der Waals surface area contributed by atoms with E-state index < -0.39 is 0 Å². The Hall–Kier alpha value is -6.84. The average molecular weight is 925 g/mol. The zero-order chi connectivity index (χ0) is 50.1. The Labute approximate surface area is 424 Å². The molecule has 2 aliphatic rings. The summed E-state index contributed by atoms with van der Waals surface area (Å²) in [5.74, 6) is 0. The van der Waals surface area contributed by atoms with Crippen molar-refractivity contribution in [3.63, 3.8) is 0 Å². The third kappa shape index (κ3) is 7.88. The molecule has 3 heteroatoms. The summed E-state index contributed by atoms with van der Waals surface area (Å²) in [6.45, 7) is 32.9. The Morgan fingerprint density at radius 2 is 0.732 bits per heavy atom. The van der Waals surface area contributed by atoms with Gasteiger partial charge >= 0.3 is 0 Å². The first-order chi connectivity index (χ1) is 33.6. The summed E-state index contributed by atoms with van der Waals surface area (Å²) in [5, 5.41) is 5.01. The number of aryl methyl sites for hydroxylation is 2. The number of fused-ring (bicyclic) bond motifs is 8. The molecule has 0 aromatic heterocycles. The zero-order valence-corrected chi connectivity index (χ0v) is 44.6. The molecule has 0 bridgehead atoms. The maximum Gasteiger partial charge on any atom is 0.252 e. The minimum Gasteiger partial charge on any atom is -0.311 e. The van der Waals surface area contributed by atoms with E-state index in [1.54, 1.807) is 0 Å². The van der Waals surface area contributed by atoms with E-state index in [1.807, 2.05) is 0 Å². The fourth-order valence-electron chi connectivity index (χ4n) is 11.6. The molecule has 9 aromatic rings. The van der Waals surface area contributed by atoms with Crippen molar-refractivity contribution < 1.29 is 0 Å². The molecule has 0 N–H and O–H groups in total. The lowest BCUT2D eigenvalue weighted by Gasteiger charge is -2.46. The van der Waals surface area contributed by atoms with Gasteiger partial charge in [0.15, 0.2) is 0 Å². The molecule has 0 atom stereocenters. The predicted molar refractivity (Wildman–Crippen MR) is 311 cm³/mol. The molecule has 2 heterocycles. The van der Waals surface area contributed by atoms with Crippen molar-refractivity contribution in [2.45, 2.75) is 119 Å². The second kappa shape index (κ2) is 16.4. The summed E-state index contributed by atoms with van der Waals surface area (Å²) in [6, 6.07) is 63.4.